The number of allylic oxidation sites excluding steroid dienone is 1. The van der Waals surface area contributed by atoms with E-state index in [2.05, 4.69) is 10.5 Å². The van der Waals surface area contributed by atoms with Gasteiger partial charge in [0.1, 0.15) is 0 Å². The molecule has 0 saturated heterocycles. The molecule has 0 bridgehead atoms. The molecule has 0 fully saturated rings. The lowest BCUT2D eigenvalue weighted by atomic mass is 9.94. The Bertz CT molecular complexity index is 1210. The average molecular weight is 481 g/mol. The van der Waals surface area contributed by atoms with Crippen molar-refractivity contribution in [3.8, 4) is 22.9 Å². The van der Waals surface area contributed by atoms with E-state index in [9.17, 15) is 0 Å². The summed E-state index contributed by atoms with van der Waals surface area (Å²) in [6.07, 6.45) is 0. The first kappa shape index (κ1) is 23.7. The van der Waals surface area contributed by atoms with Crippen LogP contribution in [0.3, 0.4) is 0 Å². The van der Waals surface area contributed by atoms with Crippen LogP contribution in [0.15, 0.2) is 52.7 Å². The summed E-state index contributed by atoms with van der Waals surface area (Å²) in [5.74, 6) is 2.22. The lowest BCUT2D eigenvalue weighted by molar-refractivity contribution is 0.183. The van der Waals surface area contributed by atoms with E-state index in [1.54, 1.807) is 21.3 Å². The van der Waals surface area contributed by atoms with Crippen LogP contribution in [-0.4, -0.2) is 54.6 Å². The van der Waals surface area contributed by atoms with E-state index < -0.39 is 0 Å². The van der Waals surface area contributed by atoms with Crippen LogP contribution in [0.5, 0.6) is 11.5 Å². The minimum atomic E-state index is -0.322. The molecule has 1 unspecified atom stereocenters. The van der Waals surface area contributed by atoms with Gasteiger partial charge in [-0.1, -0.05) is 41.1 Å². The van der Waals surface area contributed by atoms with E-state index in [1.165, 1.54) is 5.56 Å². The molecule has 0 aliphatic carbocycles. The molecule has 3 aromatic rings. The zero-order valence-electron chi connectivity index (χ0n) is 19.9. The molecule has 1 atom stereocenters. The molecule has 8 nitrogen and oxygen atoms in total. The predicted octanol–water partition coefficient (Wildman–Crippen LogP) is 4.37. The van der Waals surface area contributed by atoms with Gasteiger partial charge in [-0.25, -0.2) is 0 Å². The van der Waals surface area contributed by atoms with Crippen LogP contribution in [-0.2, 0) is 4.74 Å². The molecular formula is C25H28N4O4S. The summed E-state index contributed by atoms with van der Waals surface area (Å²) in [7, 11) is 4.89. The third-order valence-electron chi connectivity index (χ3n) is 5.82. The van der Waals surface area contributed by atoms with Gasteiger partial charge in [0.25, 0.3) is 5.89 Å². The van der Waals surface area contributed by atoms with Crippen LogP contribution in [0.1, 0.15) is 30.0 Å². The van der Waals surface area contributed by atoms with Gasteiger partial charge in [0.2, 0.25) is 5.82 Å². The van der Waals surface area contributed by atoms with Gasteiger partial charge in [-0.3, -0.25) is 0 Å². The Morgan fingerprint density at radius 2 is 1.76 bits per heavy atom. The number of aryl methyl sites for hydroxylation is 1. The number of nitrogens with zero attached hydrogens (tertiary/aromatic N) is 3. The number of aromatic nitrogens is 2. The molecule has 34 heavy (non-hydrogen) atoms. The second-order valence-corrected chi connectivity index (χ2v) is 8.32. The standard InChI is InChI=1S/C25H28N4O4S/c1-15-6-8-17(9-7-15)23-27-24(33-28-23)21-16(2)29(12-13-30-3)25(34)26-22(21)18-10-11-19(31-4)20(14-18)32-5/h6-11,14,22H,12-13H2,1-5H3,(H,26,34). The molecular weight excluding hydrogens is 452 g/mol. The van der Waals surface area contributed by atoms with Gasteiger partial charge in [0.05, 0.1) is 32.4 Å². The third-order valence-corrected chi connectivity index (χ3v) is 6.16. The lowest BCUT2D eigenvalue weighted by Gasteiger charge is -2.37. The molecule has 0 radical (unpaired) electrons. The quantitative estimate of drug-likeness (QED) is 0.473. The maximum Gasteiger partial charge on any atom is 0.258 e. The summed E-state index contributed by atoms with van der Waals surface area (Å²) >= 11 is 5.70. The molecule has 0 amide bonds. The second-order valence-electron chi connectivity index (χ2n) is 7.93. The number of hydrogen-bond acceptors (Lipinski definition) is 7. The van der Waals surface area contributed by atoms with E-state index in [-0.39, 0.29) is 6.04 Å². The molecule has 178 valence electrons. The number of rotatable bonds is 8. The highest BCUT2D eigenvalue weighted by molar-refractivity contribution is 7.80. The Balaban J connectivity index is 1.81. The van der Waals surface area contributed by atoms with Crippen molar-refractivity contribution in [1.82, 2.24) is 20.4 Å². The number of methoxy groups -OCH3 is 3. The van der Waals surface area contributed by atoms with Crippen molar-refractivity contribution in [3.63, 3.8) is 0 Å². The molecule has 0 spiro atoms. The average Bonchev–Trinajstić information content (AvgIpc) is 3.33. The maximum absolute atomic E-state index is 5.78. The van der Waals surface area contributed by atoms with Gasteiger partial charge in [0.15, 0.2) is 16.6 Å². The Labute approximate surface area is 204 Å². The van der Waals surface area contributed by atoms with Gasteiger partial charge in [-0.05, 0) is 43.8 Å². The van der Waals surface area contributed by atoms with E-state index in [4.69, 9.17) is 35.9 Å². The summed E-state index contributed by atoms with van der Waals surface area (Å²) < 4.78 is 22.0. The summed E-state index contributed by atoms with van der Waals surface area (Å²) in [4.78, 5) is 6.73. The SMILES string of the molecule is COCCN1C(=S)NC(c2ccc(OC)c(OC)c2)C(c2nc(-c3ccc(C)cc3)no2)=C1C. The van der Waals surface area contributed by atoms with Crippen molar-refractivity contribution >= 4 is 22.9 Å². The molecule has 1 aromatic heterocycles. The zero-order chi connectivity index (χ0) is 24.2. The van der Waals surface area contributed by atoms with Crippen LogP contribution in [0.25, 0.3) is 17.0 Å². The van der Waals surface area contributed by atoms with Crippen molar-refractivity contribution in [2.75, 3.05) is 34.5 Å². The molecule has 1 aliphatic rings. The molecule has 4 rings (SSSR count). The highest BCUT2D eigenvalue weighted by Gasteiger charge is 2.34. The fourth-order valence-corrected chi connectivity index (χ4v) is 4.29. The summed E-state index contributed by atoms with van der Waals surface area (Å²) in [6, 6.07) is 13.5. The number of thiocarbonyl (C=S) groups is 1. The minimum Gasteiger partial charge on any atom is -0.493 e. The smallest absolute Gasteiger partial charge is 0.258 e. The van der Waals surface area contributed by atoms with Crippen molar-refractivity contribution in [2.24, 2.45) is 0 Å². The van der Waals surface area contributed by atoms with Crippen LogP contribution >= 0.6 is 12.2 Å². The number of ether oxygens (including phenoxy) is 3. The Hall–Kier alpha value is -3.43. The van der Waals surface area contributed by atoms with Crippen LogP contribution < -0.4 is 14.8 Å². The largest absolute Gasteiger partial charge is 0.493 e. The van der Waals surface area contributed by atoms with Crippen molar-refractivity contribution < 1.29 is 18.7 Å². The van der Waals surface area contributed by atoms with Crippen molar-refractivity contribution in [2.45, 2.75) is 19.9 Å². The predicted molar refractivity (Wildman–Crippen MR) is 134 cm³/mol. The molecule has 9 heteroatoms. The Kier molecular flexibility index (Phi) is 7.14. The van der Waals surface area contributed by atoms with Gasteiger partial charge in [-0.15, -0.1) is 0 Å². The second kappa shape index (κ2) is 10.2. The third kappa shape index (κ3) is 4.62. The zero-order valence-corrected chi connectivity index (χ0v) is 20.7. The summed E-state index contributed by atoms with van der Waals surface area (Å²) in [5.41, 5.74) is 4.73. The monoisotopic (exact) mass is 480 g/mol. The maximum atomic E-state index is 5.78. The molecule has 2 heterocycles. The first-order valence-corrected chi connectivity index (χ1v) is 11.3. The molecule has 0 saturated carbocycles. The Morgan fingerprint density at radius 1 is 1.03 bits per heavy atom. The fourth-order valence-electron chi connectivity index (χ4n) is 3.95. The highest BCUT2D eigenvalue weighted by Crippen LogP contribution is 2.40. The van der Waals surface area contributed by atoms with Gasteiger partial charge < -0.3 is 29.0 Å². The van der Waals surface area contributed by atoms with Gasteiger partial charge in [-0.2, -0.15) is 4.98 Å². The summed E-state index contributed by atoms with van der Waals surface area (Å²) in [6.45, 7) is 5.15. The topological polar surface area (TPSA) is 81.9 Å². The first-order valence-electron chi connectivity index (χ1n) is 10.9. The molecule has 1 aliphatic heterocycles. The minimum absolute atomic E-state index is 0.322. The highest BCUT2D eigenvalue weighted by atomic mass is 32.1. The lowest BCUT2D eigenvalue weighted by Crippen LogP contribution is -2.47. The van der Waals surface area contributed by atoms with Gasteiger partial charge >= 0.3 is 0 Å². The van der Waals surface area contributed by atoms with Crippen LogP contribution in [0.2, 0.25) is 0 Å². The number of nitrogens with one attached hydrogen (secondary N) is 1. The van der Waals surface area contributed by atoms with Crippen LogP contribution in [0, 0.1) is 6.92 Å². The van der Waals surface area contributed by atoms with E-state index in [0.717, 1.165) is 22.4 Å². The fraction of sp³-hybridized carbons (Fsp3) is 0.320. The normalized spacial score (nSPS) is 16.0. The number of hydrogen-bond donors (Lipinski definition) is 1. The van der Waals surface area contributed by atoms with Crippen molar-refractivity contribution in [1.29, 1.82) is 0 Å². The van der Waals surface area contributed by atoms with E-state index in [0.29, 0.717) is 41.5 Å². The number of benzene rings is 2. The Morgan fingerprint density at radius 3 is 2.44 bits per heavy atom. The van der Waals surface area contributed by atoms with E-state index in [1.807, 2.05) is 61.2 Å². The molecule has 1 N–H and O–H groups in total. The molecule has 2 aromatic carbocycles. The van der Waals surface area contributed by atoms with Gasteiger partial charge in [0, 0.05) is 24.9 Å². The first-order chi connectivity index (χ1) is 16.5. The van der Waals surface area contributed by atoms with E-state index >= 15 is 0 Å². The van der Waals surface area contributed by atoms with Crippen molar-refractivity contribution in [3.05, 3.63) is 65.2 Å². The van der Waals surface area contributed by atoms with Crippen LogP contribution in [0.4, 0.5) is 0 Å². The summed E-state index contributed by atoms with van der Waals surface area (Å²) in [5, 5.41) is 8.28.